The molecule has 2 bridgehead atoms. The number of fused-ring (bicyclic) bond motifs is 2. The highest BCUT2D eigenvalue weighted by molar-refractivity contribution is 5.31. The minimum Gasteiger partial charge on any atom is -0.395 e. The van der Waals surface area contributed by atoms with Crippen molar-refractivity contribution in [3.8, 4) is 0 Å². The maximum atomic E-state index is 12.8. The van der Waals surface area contributed by atoms with Crippen molar-refractivity contribution in [1.82, 2.24) is 10.2 Å². The van der Waals surface area contributed by atoms with Crippen LogP contribution in [0.1, 0.15) is 43.7 Å². The first-order chi connectivity index (χ1) is 12.1. The van der Waals surface area contributed by atoms with E-state index in [0.717, 1.165) is 37.8 Å². The fraction of sp³-hybridized carbons (Fsp3) is 0.684. The van der Waals surface area contributed by atoms with Gasteiger partial charge in [-0.2, -0.15) is 13.2 Å². The van der Waals surface area contributed by atoms with Crippen molar-refractivity contribution in [3.05, 3.63) is 35.4 Å². The van der Waals surface area contributed by atoms with Crippen LogP contribution in [0.15, 0.2) is 24.3 Å². The van der Waals surface area contributed by atoms with E-state index in [2.05, 4.69) is 17.3 Å². The monoisotopic (exact) mass is 372 g/mol. The van der Waals surface area contributed by atoms with Crippen LogP contribution in [0.5, 0.6) is 0 Å². The quantitative estimate of drug-likeness (QED) is 0.695. The molecule has 1 aromatic carbocycles. The lowest BCUT2D eigenvalue weighted by atomic mass is 9.80. The molecule has 2 aliphatic rings. The molecule has 4 atom stereocenters. The highest BCUT2D eigenvalue weighted by Crippen LogP contribution is 2.36. The van der Waals surface area contributed by atoms with Crippen LogP contribution in [-0.4, -0.2) is 53.1 Å². The average Bonchev–Trinajstić information content (AvgIpc) is 2.82. The minimum absolute atomic E-state index is 0.138. The average molecular weight is 372 g/mol. The number of piperidine rings is 1. The summed E-state index contributed by atoms with van der Waals surface area (Å²) in [6.07, 6.45) is -1.27. The summed E-state index contributed by atoms with van der Waals surface area (Å²) in [5.41, 5.74) is -1.34. The summed E-state index contributed by atoms with van der Waals surface area (Å²) >= 11 is 0. The minimum atomic E-state index is -4.40. The van der Waals surface area contributed by atoms with Gasteiger partial charge in [0.05, 0.1) is 17.6 Å². The van der Waals surface area contributed by atoms with Crippen molar-refractivity contribution in [2.24, 2.45) is 0 Å². The molecule has 0 saturated carbocycles. The van der Waals surface area contributed by atoms with E-state index in [4.69, 9.17) is 0 Å². The molecule has 0 radical (unpaired) electrons. The normalized spacial score (nSPS) is 30.2. The Hall–Kier alpha value is -1.15. The van der Waals surface area contributed by atoms with Crippen molar-refractivity contribution in [2.75, 3.05) is 13.7 Å². The molecule has 3 N–H and O–H groups in total. The lowest BCUT2D eigenvalue weighted by Gasteiger charge is -2.41. The molecule has 2 heterocycles. The summed E-state index contributed by atoms with van der Waals surface area (Å²) < 4.78 is 38.3. The molecular weight excluding hydrogens is 345 g/mol. The van der Waals surface area contributed by atoms with Gasteiger partial charge in [-0.05, 0) is 57.4 Å². The third-order valence-corrected chi connectivity index (χ3v) is 6.30. The first-order valence-corrected chi connectivity index (χ1v) is 9.10. The molecule has 0 spiro atoms. The Kier molecular flexibility index (Phi) is 5.36. The van der Waals surface area contributed by atoms with E-state index < -0.39 is 23.4 Å². The van der Waals surface area contributed by atoms with Crippen LogP contribution in [0.25, 0.3) is 0 Å². The molecule has 4 nitrogen and oxygen atoms in total. The second-order valence-electron chi connectivity index (χ2n) is 7.94. The number of aliphatic hydroxyl groups is 2. The maximum Gasteiger partial charge on any atom is 0.416 e. The van der Waals surface area contributed by atoms with Gasteiger partial charge in [-0.25, -0.2) is 0 Å². The standard InChI is InChI=1S/C19H27F3N2O2/c1-18(11-25,12-3-5-13(6-4-12)19(20,21)22)17(26)23-14-9-15-7-8-16(10-14)24(15)2/h3-6,14-17,23,25-26H,7-11H2,1-2H3. The van der Waals surface area contributed by atoms with Crippen LogP contribution in [0.2, 0.25) is 0 Å². The van der Waals surface area contributed by atoms with Gasteiger partial charge in [0.15, 0.2) is 0 Å². The first-order valence-electron chi connectivity index (χ1n) is 9.10. The topological polar surface area (TPSA) is 55.7 Å². The molecule has 2 saturated heterocycles. The van der Waals surface area contributed by atoms with Crippen molar-refractivity contribution in [3.63, 3.8) is 0 Å². The summed E-state index contributed by atoms with van der Waals surface area (Å²) in [5.74, 6) is 0. The summed E-state index contributed by atoms with van der Waals surface area (Å²) in [7, 11) is 2.13. The van der Waals surface area contributed by atoms with Gasteiger partial charge in [0.2, 0.25) is 0 Å². The van der Waals surface area contributed by atoms with Crippen LogP contribution in [-0.2, 0) is 11.6 Å². The lowest BCUT2D eigenvalue weighted by molar-refractivity contribution is -0.137. The zero-order valence-electron chi connectivity index (χ0n) is 15.1. The van der Waals surface area contributed by atoms with Crippen LogP contribution < -0.4 is 5.32 Å². The second kappa shape index (κ2) is 7.11. The molecular formula is C19H27F3N2O2. The second-order valence-corrected chi connectivity index (χ2v) is 7.94. The molecule has 3 rings (SSSR count). The zero-order chi connectivity index (χ0) is 19.1. The van der Waals surface area contributed by atoms with E-state index in [1.54, 1.807) is 6.92 Å². The Bertz CT molecular complexity index is 608. The smallest absolute Gasteiger partial charge is 0.395 e. The van der Waals surface area contributed by atoms with E-state index in [1.807, 2.05) is 0 Å². The summed E-state index contributed by atoms with van der Waals surface area (Å²) in [5, 5.41) is 23.9. The number of hydrogen-bond acceptors (Lipinski definition) is 4. The molecule has 26 heavy (non-hydrogen) atoms. The number of benzene rings is 1. The molecule has 7 heteroatoms. The largest absolute Gasteiger partial charge is 0.416 e. The zero-order valence-corrected chi connectivity index (χ0v) is 15.1. The number of halogens is 3. The van der Waals surface area contributed by atoms with E-state index in [0.29, 0.717) is 17.6 Å². The van der Waals surface area contributed by atoms with Gasteiger partial charge < -0.3 is 15.1 Å². The van der Waals surface area contributed by atoms with Crippen molar-refractivity contribution >= 4 is 0 Å². The fourth-order valence-corrected chi connectivity index (χ4v) is 4.33. The third-order valence-electron chi connectivity index (χ3n) is 6.30. The highest BCUT2D eigenvalue weighted by atomic mass is 19.4. The molecule has 146 valence electrons. The Morgan fingerprint density at radius 3 is 2.08 bits per heavy atom. The molecule has 0 amide bonds. The Morgan fingerprint density at radius 1 is 1.12 bits per heavy atom. The van der Waals surface area contributed by atoms with Crippen molar-refractivity contribution in [1.29, 1.82) is 0 Å². The van der Waals surface area contributed by atoms with E-state index in [-0.39, 0.29) is 12.6 Å². The van der Waals surface area contributed by atoms with Crippen LogP contribution in [0, 0.1) is 0 Å². The van der Waals surface area contributed by atoms with E-state index in [9.17, 15) is 23.4 Å². The summed E-state index contributed by atoms with van der Waals surface area (Å²) in [4.78, 5) is 2.39. The lowest BCUT2D eigenvalue weighted by Crippen LogP contribution is -2.56. The SMILES string of the molecule is CN1C2CCC1CC(NC(O)C(C)(CO)c1ccc(C(F)(F)F)cc1)C2. The van der Waals surface area contributed by atoms with Crippen molar-refractivity contribution < 1.29 is 23.4 Å². The number of hydrogen-bond donors (Lipinski definition) is 3. The Morgan fingerprint density at radius 2 is 1.62 bits per heavy atom. The fourth-order valence-electron chi connectivity index (χ4n) is 4.33. The third kappa shape index (κ3) is 3.63. The van der Waals surface area contributed by atoms with E-state index >= 15 is 0 Å². The predicted octanol–water partition coefficient (Wildman–Crippen LogP) is 2.49. The first kappa shape index (κ1) is 19.6. The van der Waals surface area contributed by atoms with Gasteiger partial charge in [-0.1, -0.05) is 12.1 Å². The van der Waals surface area contributed by atoms with Gasteiger partial charge in [0, 0.05) is 18.1 Å². The van der Waals surface area contributed by atoms with Gasteiger partial charge in [-0.15, -0.1) is 0 Å². The van der Waals surface area contributed by atoms with Crippen LogP contribution >= 0.6 is 0 Å². The predicted molar refractivity (Wildman–Crippen MR) is 92.6 cm³/mol. The number of rotatable bonds is 5. The molecule has 0 aliphatic carbocycles. The molecule has 2 fully saturated rings. The van der Waals surface area contributed by atoms with E-state index in [1.165, 1.54) is 12.1 Å². The highest BCUT2D eigenvalue weighted by Gasteiger charge is 2.42. The van der Waals surface area contributed by atoms with Gasteiger partial charge in [0.1, 0.15) is 6.23 Å². The summed E-state index contributed by atoms with van der Waals surface area (Å²) in [6, 6.07) is 5.80. The maximum absolute atomic E-state index is 12.8. The number of nitrogens with zero attached hydrogens (tertiary/aromatic N) is 1. The molecule has 2 aliphatic heterocycles. The van der Waals surface area contributed by atoms with Gasteiger partial charge >= 0.3 is 6.18 Å². The van der Waals surface area contributed by atoms with Crippen molar-refractivity contribution in [2.45, 2.75) is 68.6 Å². The molecule has 0 aromatic heterocycles. The Balaban J connectivity index is 1.72. The molecule has 4 unspecified atom stereocenters. The summed E-state index contributed by atoms with van der Waals surface area (Å²) in [6.45, 7) is 1.29. The van der Waals surface area contributed by atoms with Gasteiger partial charge in [0.25, 0.3) is 0 Å². The van der Waals surface area contributed by atoms with Gasteiger partial charge in [-0.3, -0.25) is 5.32 Å². The number of aliphatic hydroxyl groups excluding tert-OH is 2. The van der Waals surface area contributed by atoms with Crippen LogP contribution in [0.4, 0.5) is 13.2 Å². The van der Waals surface area contributed by atoms with Crippen LogP contribution in [0.3, 0.4) is 0 Å². The Labute approximate surface area is 152 Å². The molecule has 1 aromatic rings. The number of alkyl halides is 3. The number of nitrogens with one attached hydrogen (secondary N) is 1.